The van der Waals surface area contributed by atoms with Crippen molar-refractivity contribution in [1.82, 2.24) is 4.90 Å². The van der Waals surface area contributed by atoms with E-state index in [1.165, 1.54) is 31.4 Å². The van der Waals surface area contributed by atoms with Crippen LogP contribution in [-0.4, -0.2) is 35.7 Å². The van der Waals surface area contributed by atoms with Crippen molar-refractivity contribution in [3.63, 3.8) is 0 Å². The molecule has 190 valence electrons. The molecule has 0 spiro atoms. The molecule has 37 heavy (non-hydrogen) atoms. The predicted octanol–water partition coefficient (Wildman–Crippen LogP) is 5.71. The van der Waals surface area contributed by atoms with Crippen LogP contribution >= 0.6 is 11.8 Å². The molecule has 0 radical (unpaired) electrons. The third-order valence-electron chi connectivity index (χ3n) is 5.64. The number of anilines is 1. The van der Waals surface area contributed by atoms with Gasteiger partial charge < -0.3 is 14.8 Å². The molecule has 3 aromatic rings. The van der Waals surface area contributed by atoms with Gasteiger partial charge in [0.25, 0.3) is 17.1 Å². The number of aryl methyl sites for hydroxylation is 2. The maximum absolute atomic E-state index is 13.2. The molecule has 7 nitrogen and oxygen atoms in total. The Bertz CT molecular complexity index is 1390. The average Bonchev–Trinajstić information content (AvgIpc) is 3.13. The summed E-state index contributed by atoms with van der Waals surface area (Å²) >= 11 is 0.833. The Hall–Kier alpha value is -4.11. The molecule has 1 saturated heterocycles. The molecule has 0 unspecified atom stereocenters. The van der Waals surface area contributed by atoms with E-state index in [9.17, 15) is 18.8 Å². The lowest BCUT2D eigenvalue weighted by Crippen LogP contribution is -2.27. The van der Waals surface area contributed by atoms with Gasteiger partial charge >= 0.3 is 0 Å². The van der Waals surface area contributed by atoms with E-state index in [-0.39, 0.29) is 29.8 Å². The quantitative estimate of drug-likeness (QED) is 0.383. The van der Waals surface area contributed by atoms with Gasteiger partial charge in [-0.1, -0.05) is 30.3 Å². The number of rotatable bonds is 8. The number of benzene rings is 3. The van der Waals surface area contributed by atoms with Crippen LogP contribution in [0.1, 0.15) is 22.3 Å². The van der Waals surface area contributed by atoms with Gasteiger partial charge in [0, 0.05) is 5.69 Å². The van der Waals surface area contributed by atoms with Crippen molar-refractivity contribution in [1.29, 1.82) is 0 Å². The number of hydrogen-bond donors (Lipinski definition) is 1. The van der Waals surface area contributed by atoms with Crippen LogP contribution in [0.2, 0.25) is 0 Å². The van der Waals surface area contributed by atoms with Gasteiger partial charge in [0.1, 0.15) is 5.82 Å². The van der Waals surface area contributed by atoms with E-state index < -0.39 is 11.1 Å². The molecule has 9 heteroatoms. The van der Waals surface area contributed by atoms with E-state index >= 15 is 0 Å². The fourth-order valence-electron chi connectivity index (χ4n) is 3.65. The van der Waals surface area contributed by atoms with Crippen molar-refractivity contribution in [3.05, 3.63) is 93.6 Å². The van der Waals surface area contributed by atoms with Crippen molar-refractivity contribution < 1.29 is 28.2 Å². The average molecular weight is 521 g/mol. The maximum Gasteiger partial charge on any atom is 0.293 e. The monoisotopic (exact) mass is 520 g/mol. The second-order valence-corrected chi connectivity index (χ2v) is 9.45. The highest BCUT2D eigenvalue weighted by Gasteiger charge is 2.35. The van der Waals surface area contributed by atoms with Gasteiger partial charge in [-0.15, -0.1) is 0 Å². The van der Waals surface area contributed by atoms with Crippen LogP contribution in [0.4, 0.5) is 14.9 Å². The van der Waals surface area contributed by atoms with Crippen LogP contribution in [0, 0.1) is 19.7 Å². The third-order valence-corrected chi connectivity index (χ3v) is 6.55. The molecule has 0 saturated carbocycles. The van der Waals surface area contributed by atoms with Gasteiger partial charge in [0.05, 0.1) is 18.6 Å². The SMILES string of the molecule is COc1cc(/C=C2\SC(=O)N(Cc3ccc(F)cc3)C2=O)ccc1OCC(=O)Nc1cc(C)ccc1C. The van der Waals surface area contributed by atoms with Crippen LogP contribution < -0.4 is 14.8 Å². The van der Waals surface area contributed by atoms with Crippen LogP contribution in [0.15, 0.2) is 65.6 Å². The summed E-state index contributed by atoms with van der Waals surface area (Å²) in [7, 11) is 1.47. The van der Waals surface area contributed by atoms with E-state index in [0.29, 0.717) is 22.6 Å². The number of nitrogens with one attached hydrogen (secondary N) is 1. The number of nitrogens with zero attached hydrogens (tertiary/aromatic N) is 1. The van der Waals surface area contributed by atoms with Gasteiger partial charge in [-0.25, -0.2) is 4.39 Å². The maximum atomic E-state index is 13.2. The lowest BCUT2D eigenvalue weighted by Gasteiger charge is -2.13. The molecule has 1 aliphatic rings. The Morgan fingerprint density at radius 3 is 2.51 bits per heavy atom. The molecule has 0 bridgehead atoms. The van der Waals surface area contributed by atoms with Gasteiger partial charge in [-0.05, 0) is 84.3 Å². The molecule has 1 heterocycles. The summed E-state index contributed by atoms with van der Waals surface area (Å²) in [4.78, 5) is 39.0. The molecular weight excluding hydrogens is 495 g/mol. The second kappa shape index (κ2) is 11.3. The minimum absolute atomic E-state index is 0.0581. The fraction of sp³-hybridized carbons (Fsp3) is 0.179. The number of halogens is 1. The molecule has 0 aliphatic carbocycles. The highest BCUT2D eigenvalue weighted by atomic mass is 32.2. The van der Waals surface area contributed by atoms with Crippen LogP contribution in [0.25, 0.3) is 6.08 Å². The molecule has 4 rings (SSSR count). The summed E-state index contributed by atoms with van der Waals surface area (Å²) in [5.74, 6) is -0.392. The molecule has 0 aromatic heterocycles. The van der Waals surface area contributed by atoms with Crippen molar-refractivity contribution >= 4 is 40.6 Å². The van der Waals surface area contributed by atoms with E-state index in [2.05, 4.69) is 5.32 Å². The van der Waals surface area contributed by atoms with Crippen molar-refractivity contribution in [2.75, 3.05) is 19.0 Å². The van der Waals surface area contributed by atoms with Gasteiger partial charge in [-0.2, -0.15) is 0 Å². The Labute approximate surface area is 218 Å². The first-order valence-electron chi connectivity index (χ1n) is 11.4. The lowest BCUT2D eigenvalue weighted by atomic mass is 10.1. The first-order chi connectivity index (χ1) is 17.7. The summed E-state index contributed by atoms with van der Waals surface area (Å²) in [6.45, 7) is 3.70. The standard InChI is InChI=1S/C28H25FN2O5S/c1-17-4-5-18(2)22(12-17)30-26(32)16-36-23-11-8-20(13-24(23)35-3)14-25-27(33)31(28(34)37-25)15-19-6-9-21(29)10-7-19/h4-14H,15-16H2,1-3H3,(H,30,32)/b25-14-. The van der Waals surface area contributed by atoms with Crippen molar-refractivity contribution in [3.8, 4) is 11.5 Å². The minimum Gasteiger partial charge on any atom is -0.493 e. The van der Waals surface area contributed by atoms with E-state index in [0.717, 1.165) is 33.5 Å². The summed E-state index contributed by atoms with van der Waals surface area (Å²) in [6, 6.07) is 16.4. The Morgan fingerprint density at radius 2 is 1.78 bits per heavy atom. The number of carbonyl (C=O) groups is 3. The summed E-state index contributed by atoms with van der Waals surface area (Å²) in [6.07, 6.45) is 1.59. The molecule has 0 atom stereocenters. The number of amides is 3. The van der Waals surface area contributed by atoms with Gasteiger partial charge in [0.15, 0.2) is 18.1 Å². The Balaban J connectivity index is 1.42. The summed E-state index contributed by atoms with van der Waals surface area (Å²) < 4.78 is 24.2. The topological polar surface area (TPSA) is 84.9 Å². The molecule has 3 aromatic carbocycles. The molecule has 3 amide bonds. The van der Waals surface area contributed by atoms with E-state index in [1.807, 2.05) is 32.0 Å². The number of carbonyl (C=O) groups excluding carboxylic acids is 3. The highest BCUT2D eigenvalue weighted by molar-refractivity contribution is 8.18. The Kier molecular flexibility index (Phi) is 7.93. The number of ether oxygens (including phenoxy) is 2. The highest BCUT2D eigenvalue weighted by Crippen LogP contribution is 2.35. The lowest BCUT2D eigenvalue weighted by molar-refractivity contribution is -0.123. The van der Waals surface area contributed by atoms with E-state index in [4.69, 9.17) is 9.47 Å². The minimum atomic E-state index is -0.429. The summed E-state index contributed by atoms with van der Waals surface area (Å²) in [5.41, 5.74) is 3.98. The largest absolute Gasteiger partial charge is 0.493 e. The summed E-state index contributed by atoms with van der Waals surface area (Å²) in [5, 5.41) is 2.44. The van der Waals surface area contributed by atoms with Crippen molar-refractivity contribution in [2.45, 2.75) is 20.4 Å². The third kappa shape index (κ3) is 6.37. The van der Waals surface area contributed by atoms with Gasteiger partial charge in [0.2, 0.25) is 0 Å². The first kappa shape index (κ1) is 26.0. The molecular formula is C28H25FN2O5S. The molecule has 1 N–H and O–H groups in total. The predicted molar refractivity (Wildman–Crippen MR) is 141 cm³/mol. The van der Waals surface area contributed by atoms with Crippen LogP contribution in [-0.2, 0) is 16.1 Å². The van der Waals surface area contributed by atoms with Gasteiger partial charge in [-0.3, -0.25) is 19.3 Å². The second-order valence-electron chi connectivity index (χ2n) is 8.46. The number of hydrogen-bond acceptors (Lipinski definition) is 6. The normalized spacial score (nSPS) is 14.3. The zero-order valence-electron chi connectivity index (χ0n) is 20.5. The zero-order valence-corrected chi connectivity index (χ0v) is 21.4. The number of imide groups is 1. The Morgan fingerprint density at radius 1 is 1.03 bits per heavy atom. The number of thioether (sulfide) groups is 1. The van der Waals surface area contributed by atoms with Crippen LogP contribution in [0.3, 0.4) is 0 Å². The molecule has 1 fully saturated rings. The first-order valence-corrected chi connectivity index (χ1v) is 12.2. The number of methoxy groups -OCH3 is 1. The fourth-order valence-corrected chi connectivity index (χ4v) is 4.49. The van der Waals surface area contributed by atoms with E-state index in [1.54, 1.807) is 24.3 Å². The zero-order chi connectivity index (χ0) is 26.5. The smallest absolute Gasteiger partial charge is 0.293 e. The van der Waals surface area contributed by atoms with Crippen LogP contribution in [0.5, 0.6) is 11.5 Å². The van der Waals surface area contributed by atoms with Crippen molar-refractivity contribution in [2.24, 2.45) is 0 Å². The molecule has 1 aliphatic heterocycles.